The second-order valence-electron chi connectivity index (χ2n) is 7.56. The van der Waals surface area contributed by atoms with E-state index in [-0.39, 0.29) is 18.4 Å². The lowest BCUT2D eigenvalue weighted by atomic mass is 9.95. The maximum absolute atomic E-state index is 13.3. The van der Waals surface area contributed by atoms with Crippen LogP contribution in [-0.2, 0) is 22.4 Å². The zero-order valence-electron chi connectivity index (χ0n) is 17.8. The monoisotopic (exact) mass is 444 g/mol. The number of nitrogens with one attached hydrogen (secondary N) is 1. The first-order chi connectivity index (χ1) is 15.2. The minimum Gasteiger partial charge on any atom is -0.494 e. The van der Waals surface area contributed by atoms with Crippen molar-refractivity contribution in [2.75, 3.05) is 44.8 Å². The van der Waals surface area contributed by atoms with E-state index in [9.17, 15) is 9.59 Å². The first-order valence-corrected chi connectivity index (χ1v) is 11.6. The number of fused-ring (bicyclic) bond motifs is 1. The van der Waals surface area contributed by atoms with Crippen LogP contribution < -0.4 is 14.8 Å². The topological polar surface area (TPSA) is 77.1 Å². The number of ether oxygens (including phenoxy) is 3. The van der Waals surface area contributed by atoms with Gasteiger partial charge in [-0.3, -0.25) is 9.59 Å². The molecule has 1 saturated heterocycles. The lowest BCUT2D eigenvalue weighted by Gasteiger charge is -2.27. The number of carbonyl (C=O) groups excluding carboxylic acids is 2. The summed E-state index contributed by atoms with van der Waals surface area (Å²) in [5.74, 6) is 1.07. The number of hydrogen-bond donors (Lipinski definition) is 1. The van der Waals surface area contributed by atoms with Gasteiger partial charge < -0.3 is 24.4 Å². The molecule has 1 aromatic carbocycles. The van der Waals surface area contributed by atoms with Crippen molar-refractivity contribution in [3.8, 4) is 11.5 Å². The fourth-order valence-corrected chi connectivity index (χ4v) is 5.21. The second-order valence-corrected chi connectivity index (χ2v) is 8.67. The number of morpholine rings is 1. The maximum atomic E-state index is 13.3. The van der Waals surface area contributed by atoms with E-state index in [0.29, 0.717) is 49.2 Å². The Hall–Kier alpha value is -2.58. The quantitative estimate of drug-likeness (QED) is 0.707. The van der Waals surface area contributed by atoms with Crippen molar-refractivity contribution >= 4 is 28.2 Å². The lowest BCUT2D eigenvalue weighted by Crippen LogP contribution is -2.41. The molecule has 8 heteroatoms. The number of anilines is 1. The van der Waals surface area contributed by atoms with Crippen LogP contribution in [0.3, 0.4) is 0 Å². The fourth-order valence-electron chi connectivity index (χ4n) is 3.92. The van der Waals surface area contributed by atoms with Gasteiger partial charge in [-0.2, -0.15) is 0 Å². The van der Waals surface area contributed by atoms with E-state index in [1.165, 1.54) is 16.2 Å². The van der Waals surface area contributed by atoms with Gasteiger partial charge in [0.2, 0.25) is 0 Å². The molecule has 0 saturated carbocycles. The molecular weight excluding hydrogens is 416 g/mol. The second kappa shape index (κ2) is 10.2. The van der Waals surface area contributed by atoms with Crippen LogP contribution in [0.4, 0.5) is 5.00 Å². The summed E-state index contributed by atoms with van der Waals surface area (Å²) >= 11 is 1.53. The van der Waals surface area contributed by atoms with E-state index in [4.69, 9.17) is 14.2 Å². The molecule has 1 aliphatic carbocycles. The molecule has 4 rings (SSSR count). The van der Waals surface area contributed by atoms with Crippen molar-refractivity contribution in [1.82, 2.24) is 4.90 Å². The summed E-state index contributed by atoms with van der Waals surface area (Å²) in [7, 11) is 0. The van der Waals surface area contributed by atoms with E-state index < -0.39 is 0 Å². The number of rotatable bonds is 7. The van der Waals surface area contributed by atoms with Gasteiger partial charge in [0, 0.05) is 18.0 Å². The highest BCUT2D eigenvalue weighted by atomic mass is 32.1. The lowest BCUT2D eigenvalue weighted by molar-refractivity contribution is -0.118. The Morgan fingerprint density at radius 1 is 1.06 bits per heavy atom. The van der Waals surface area contributed by atoms with Gasteiger partial charge >= 0.3 is 0 Å². The SMILES string of the molecule is CCOc1ccc(OCC(=O)Nc2sc3c(c2C(=O)N2CCOCC2)CCCC3)cc1. The molecule has 0 spiro atoms. The van der Waals surface area contributed by atoms with Crippen molar-refractivity contribution in [1.29, 1.82) is 0 Å². The number of carbonyl (C=O) groups is 2. The fraction of sp³-hybridized carbons (Fsp3) is 0.478. The largest absolute Gasteiger partial charge is 0.494 e. The summed E-state index contributed by atoms with van der Waals surface area (Å²) in [6.45, 7) is 4.66. The number of hydrogen-bond acceptors (Lipinski definition) is 6. The summed E-state index contributed by atoms with van der Waals surface area (Å²) < 4.78 is 16.4. The van der Waals surface area contributed by atoms with Gasteiger partial charge in [0.05, 0.1) is 25.4 Å². The smallest absolute Gasteiger partial charge is 0.262 e. The molecule has 0 atom stereocenters. The van der Waals surface area contributed by atoms with E-state index in [1.807, 2.05) is 24.0 Å². The minimum absolute atomic E-state index is 0.00886. The molecule has 7 nitrogen and oxygen atoms in total. The van der Waals surface area contributed by atoms with Crippen LogP contribution in [-0.4, -0.2) is 56.2 Å². The Labute approximate surface area is 186 Å². The van der Waals surface area contributed by atoms with Crippen LogP contribution in [0.25, 0.3) is 0 Å². The Bertz CT molecular complexity index is 919. The van der Waals surface area contributed by atoms with Gasteiger partial charge in [-0.1, -0.05) is 0 Å². The van der Waals surface area contributed by atoms with Crippen molar-refractivity contribution < 1.29 is 23.8 Å². The molecule has 1 N–H and O–H groups in total. The zero-order valence-corrected chi connectivity index (χ0v) is 18.6. The van der Waals surface area contributed by atoms with Gasteiger partial charge in [-0.15, -0.1) is 11.3 Å². The molecule has 0 unspecified atom stereocenters. The van der Waals surface area contributed by atoms with E-state index in [0.717, 1.165) is 37.0 Å². The molecule has 2 aromatic rings. The van der Waals surface area contributed by atoms with E-state index >= 15 is 0 Å². The van der Waals surface area contributed by atoms with Crippen molar-refractivity contribution in [3.63, 3.8) is 0 Å². The van der Waals surface area contributed by atoms with Gasteiger partial charge in [0.1, 0.15) is 16.5 Å². The highest BCUT2D eigenvalue weighted by Gasteiger charge is 2.30. The molecule has 2 aliphatic rings. The van der Waals surface area contributed by atoms with Crippen molar-refractivity contribution in [3.05, 3.63) is 40.3 Å². The maximum Gasteiger partial charge on any atom is 0.262 e. The summed E-state index contributed by atoms with van der Waals surface area (Å²) in [6.07, 6.45) is 4.03. The van der Waals surface area contributed by atoms with E-state index in [2.05, 4.69) is 5.32 Å². The predicted octanol–water partition coefficient (Wildman–Crippen LogP) is 3.52. The van der Waals surface area contributed by atoms with Crippen LogP contribution in [0.15, 0.2) is 24.3 Å². The van der Waals surface area contributed by atoms with Crippen LogP contribution in [0.2, 0.25) is 0 Å². The molecule has 1 fully saturated rings. The Morgan fingerprint density at radius 3 is 2.45 bits per heavy atom. The molecule has 2 heterocycles. The Kier molecular flexibility index (Phi) is 7.09. The predicted molar refractivity (Wildman–Crippen MR) is 119 cm³/mol. The van der Waals surface area contributed by atoms with Crippen LogP contribution in [0, 0.1) is 0 Å². The van der Waals surface area contributed by atoms with Crippen LogP contribution in [0.5, 0.6) is 11.5 Å². The minimum atomic E-state index is -0.275. The average molecular weight is 445 g/mol. The Morgan fingerprint density at radius 2 is 1.74 bits per heavy atom. The highest BCUT2D eigenvalue weighted by molar-refractivity contribution is 7.17. The zero-order chi connectivity index (χ0) is 21.6. The molecule has 0 radical (unpaired) electrons. The Balaban J connectivity index is 1.45. The molecule has 2 amide bonds. The van der Waals surface area contributed by atoms with Gasteiger partial charge in [-0.05, 0) is 62.4 Å². The standard InChI is InChI=1S/C23H28N2O5S/c1-2-29-16-7-9-17(10-8-16)30-15-20(26)24-22-21(18-5-3-4-6-19(18)31-22)23(27)25-11-13-28-14-12-25/h7-10H,2-6,11-15H2,1H3,(H,24,26). The number of benzene rings is 1. The normalized spacial score (nSPS) is 15.8. The van der Waals surface area contributed by atoms with Crippen LogP contribution in [0.1, 0.15) is 40.6 Å². The third-order valence-corrected chi connectivity index (χ3v) is 6.65. The third kappa shape index (κ3) is 5.19. The molecule has 166 valence electrons. The van der Waals surface area contributed by atoms with Crippen LogP contribution >= 0.6 is 11.3 Å². The molecule has 1 aliphatic heterocycles. The number of aryl methyl sites for hydroxylation is 1. The van der Waals surface area contributed by atoms with E-state index in [1.54, 1.807) is 12.1 Å². The summed E-state index contributed by atoms with van der Waals surface area (Å²) in [5, 5.41) is 3.58. The summed E-state index contributed by atoms with van der Waals surface area (Å²) in [4.78, 5) is 28.9. The van der Waals surface area contributed by atoms with Crippen molar-refractivity contribution in [2.24, 2.45) is 0 Å². The first-order valence-electron chi connectivity index (χ1n) is 10.8. The molecule has 1 aromatic heterocycles. The first kappa shape index (κ1) is 21.6. The molecule has 31 heavy (non-hydrogen) atoms. The number of thiophene rings is 1. The van der Waals surface area contributed by atoms with Gasteiger partial charge in [-0.25, -0.2) is 0 Å². The molecular formula is C23H28N2O5S. The molecule has 0 bridgehead atoms. The average Bonchev–Trinajstić information content (AvgIpc) is 3.16. The number of amides is 2. The van der Waals surface area contributed by atoms with Gasteiger partial charge in [0.25, 0.3) is 11.8 Å². The summed E-state index contributed by atoms with van der Waals surface area (Å²) in [5.41, 5.74) is 1.77. The third-order valence-electron chi connectivity index (χ3n) is 5.44. The number of nitrogens with zero attached hydrogens (tertiary/aromatic N) is 1. The van der Waals surface area contributed by atoms with Gasteiger partial charge in [0.15, 0.2) is 6.61 Å². The van der Waals surface area contributed by atoms with Crippen molar-refractivity contribution in [2.45, 2.75) is 32.6 Å². The summed E-state index contributed by atoms with van der Waals surface area (Å²) in [6, 6.07) is 7.16. The highest BCUT2D eigenvalue weighted by Crippen LogP contribution is 2.39.